The molecular weight excluding hydrogens is 432 g/mol. The van der Waals surface area contributed by atoms with Crippen molar-refractivity contribution in [2.75, 3.05) is 0 Å². The molecule has 35 heavy (non-hydrogen) atoms. The second kappa shape index (κ2) is 19.9. The Balaban J connectivity index is 1.62. The van der Waals surface area contributed by atoms with Gasteiger partial charge < -0.3 is 9.47 Å². The minimum atomic E-state index is -0.517. The van der Waals surface area contributed by atoms with Gasteiger partial charge in [0, 0.05) is 0 Å². The van der Waals surface area contributed by atoms with Crippen LogP contribution in [0.5, 0.6) is 0 Å². The number of unbranched alkanes of at least 4 members (excludes halogenated alkanes) is 10. The molecule has 0 aliphatic heterocycles. The Labute approximate surface area is 213 Å². The first-order valence-corrected chi connectivity index (χ1v) is 13.8. The minimum absolute atomic E-state index is 0.262. The van der Waals surface area contributed by atoms with Gasteiger partial charge in [-0.05, 0) is 43.2 Å². The van der Waals surface area contributed by atoms with Gasteiger partial charge in [0.1, 0.15) is 6.61 Å². The van der Waals surface area contributed by atoms with Crippen molar-refractivity contribution in [1.82, 2.24) is 0 Å². The molecule has 0 amide bonds. The molecule has 0 aliphatic rings. The maximum atomic E-state index is 12.7. The molecule has 2 aromatic rings. The van der Waals surface area contributed by atoms with Crippen molar-refractivity contribution in [3.8, 4) is 0 Å². The molecule has 0 aliphatic carbocycles. The van der Waals surface area contributed by atoms with Crippen LogP contribution in [-0.2, 0) is 27.5 Å². The Bertz CT molecular complexity index is 785. The number of rotatable bonds is 20. The molecule has 0 radical (unpaired) electrons. The zero-order chi connectivity index (χ0) is 24.8. The molecule has 3 heteroatoms. The summed E-state index contributed by atoms with van der Waals surface area (Å²) in [6, 6.07) is 19.8. The maximum Gasteiger partial charge on any atom is 0.335 e. The molecule has 3 nitrogen and oxygen atoms in total. The fourth-order valence-corrected chi connectivity index (χ4v) is 4.09. The van der Waals surface area contributed by atoms with Gasteiger partial charge in [-0.25, -0.2) is 4.79 Å². The molecule has 0 bridgehead atoms. The highest BCUT2D eigenvalue weighted by atomic mass is 16.6. The summed E-state index contributed by atoms with van der Waals surface area (Å²) in [6.07, 6.45) is 19.9. The molecule has 0 heterocycles. The second-order valence-corrected chi connectivity index (χ2v) is 9.40. The van der Waals surface area contributed by atoms with Crippen LogP contribution >= 0.6 is 0 Å². The molecule has 0 N–H and O–H groups in total. The quantitative estimate of drug-likeness (QED) is 0.108. The second-order valence-electron chi connectivity index (χ2n) is 9.40. The fraction of sp³-hybridized carbons (Fsp3) is 0.531. The zero-order valence-corrected chi connectivity index (χ0v) is 21.8. The van der Waals surface area contributed by atoms with Gasteiger partial charge in [-0.1, -0.05) is 131 Å². The number of allylic oxidation sites excluding steroid dienone is 2. The number of carbonyl (C=O) groups is 1. The number of carbonyl (C=O) groups excluding carboxylic acids is 1. The summed E-state index contributed by atoms with van der Waals surface area (Å²) >= 11 is 0. The van der Waals surface area contributed by atoms with Crippen LogP contribution < -0.4 is 0 Å². The van der Waals surface area contributed by atoms with Crippen LogP contribution in [0.4, 0.5) is 0 Å². The third-order valence-electron chi connectivity index (χ3n) is 6.26. The summed E-state index contributed by atoms with van der Waals surface area (Å²) in [5.74, 6) is -0.262. The summed E-state index contributed by atoms with van der Waals surface area (Å²) in [5, 5.41) is 0. The smallest absolute Gasteiger partial charge is 0.335 e. The van der Waals surface area contributed by atoms with E-state index >= 15 is 0 Å². The van der Waals surface area contributed by atoms with Gasteiger partial charge in [0.2, 0.25) is 0 Å². The first-order valence-electron chi connectivity index (χ1n) is 13.8. The summed E-state index contributed by atoms with van der Waals surface area (Å²) in [4.78, 5) is 12.7. The van der Waals surface area contributed by atoms with E-state index in [1.54, 1.807) is 0 Å². The molecule has 0 saturated heterocycles. The van der Waals surface area contributed by atoms with Crippen LogP contribution in [0.2, 0.25) is 0 Å². The van der Waals surface area contributed by atoms with E-state index in [2.05, 4.69) is 19.1 Å². The van der Waals surface area contributed by atoms with E-state index in [1.807, 2.05) is 60.7 Å². The van der Waals surface area contributed by atoms with E-state index in [4.69, 9.17) is 9.47 Å². The van der Waals surface area contributed by atoms with Gasteiger partial charge >= 0.3 is 5.97 Å². The normalized spacial score (nSPS) is 12.1. The average Bonchev–Trinajstić information content (AvgIpc) is 2.90. The molecule has 1 atom stereocenters. The topological polar surface area (TPSA) is 35.5 Å². The molecule has 2 rings (SSSR count). The molecule has 192 valence electrons. The van der Waals surface area contributed by atoms with Gasteiger partial charge in [-0.3, -0.25) is 0 Å². The lowest BCUT2D eigenvalue weighted by Crippen LogP contribution is -2.26. The Morgan fingerprint density at radius 1 is 0.686 bits per heavy atom. The van der Waals surface area contributed by atoms with E-state index in [9.17, 15) is 4.79 Å². The third-order valence-corrected chi connectivity index (χ3v) is 6.26. The van der Waals surface area contributed by atoms with Gasteiger partial charge in [-0.15, -0.1) is 0 Å². The number of hydrogen-bond acceptors (Lipinski definition) is 3. The predicted molar refractivity (Wildman–Crippen MR) is 146 cm³/mol. The first kappa shape index (κ1) is 28.8. The van der Waals surface area contributed by atoms with Crippen molar-refractivity contribution in [2.45, 2.75) is 110 Å². The van der Waals surface area contributed by atoms with Crippen molar-refractivity contribution in [2.24, 2.45) is 0 Å². The lowest BCUT2D eigenvalue weighted by Gasteiger charge is -2.17. The Morgan fingerprint density at radius 2 is 1.20 bits per heavy atom. The van der Waals surface area contributed by atoms with E-state index in [-0.39, 0.29) is 12.6 Å². The van der Waals surface area contributed by atoms with Crippen molar-refractivity contribution in [1.29, 1.82) is 0 Å². The van der Waals surface area contributed by atoms with Crippen molar-refractivity contribution in [3.05, 3.63) is 83.9 Å². The highest BCUT2D eigenvalue weighted by molar-refractivity contribution is 5.74. The highest BCUT2D eigenvalue weighted by Crippen LogP contribution is 2.15. The number of hydrogen-bond donors (Lipinski definition) is 0. The fourth-order valence-electron chi connectivity index (χ4n) is 4.09. The van der Waals surface area contributed by atoms with Gasteiger partial charge in [-0.2, -0.15) is 0 Å². The minimum Gasteiger partial charge on any atom is -0.459 e. The Kier molecular flexibility index (Phi) is 16.4. The van der Waals surface area contributed by atoms with Crippen LogP contribution in [0.3, 0.4) is 0 Å². The van der Waals surface area contributed by atoms with Crippen LogP contribution in [0, 0.1) is 0 Å². The summed E-state index contributed by atoms with van der Waals surface area (Å²) in [7, 11) is 0. The number of esters is 1. The highest BCUT2D eigenvalue weighted by Gasteiger charge is 2.20. The van der Waals surface area contributed by atoms with Crippen molar-refractivity contribution < 1.29 is 14.3 Å². The molecule has 1 unspecified atom stereocenters. The molecule has 0 aromatic heterocycles. The van der Waals surface area contributed by atoms with Crippen LogP contribution in [0.25, 0.3) is 0 Å². The Morgan fingerprint density at radius 3 is 1.80 bits per heavy atom. The molecular formula is C32H46O3. The maximum absolute atomic E-state index is 12.7. The van der Waals surface area contributed by atoms with E-state index in [1.165, 1.54) is 57.8 Å². The van der Waals surface area contributed by atoms with Gasteiger partial charge in [0.15, 0.2) is 6.10 Å². The molecule has 0 spiro atoms. The summed E-state index contributed by atoms with van der Waals surface area (Å²) in [5.41, 5.74) is 2.06. The number of ether oxygens (including phenoxy) is 2. The summed E-state index contributed by atoms with van der Waals surface area (Å²) in [6.45, 7) is 2.98. The van der Waals surface area contributed by atoms with Crippen molar-refractivity contribution >= 4 is 5.97 Å². The Hall–Kier alpha value is -2.39. The first-order chi connectivity index (χ1) is 17.3. The zero-order valence-electron chi connectivity index (χ0n) is 21.8. The monoisotopic (exact) mass is 478 g/mol. The average molecular weight is 479 g/mol. The molecule has 0 fully saturated rings. The lowest BCUT2D eigenvalue weighted by molar-refractivity contribution is -0.160. The summed E-state index contributed by atoms with van der Waals surface area (Å²) < 4.78 is 11.6. The van der Waals surface area contributed by atoms with Crippen LogP contribution in [-0.4, -0.2) is 12.1 Å². The van der Waals surface area contributed by atoms with E-state index < -0.39 is 6.10 Å². The third kappa shape index (κ3) is 14.6. The molecule has 0 saturated carbocycles. The van der Waals surface area contributed by atoms with Gasteiger partial charge in [0.25, 0.3) is 0 Å². The van der Waals surface area contributed by atoms with E-state index in [0.29, 0.717) is 13.0 Å². The van der Waals surface area contributed by atoms with Crippen LogP contribution in [0.15, 0.2) is 72.8 Å². The van der Waals surface area contributed by atoms with E-state index in [0.717, 1.165) is 30.4 Å². The lowest BCUT2D eigenvalue weighted by atomic mass is 10.1. The molecule has 2 aromatic carbocycles. The SMILES string of the molecule is CCCCCCCC/C=C\CCCCCCC(OCc1ccccc1)C(=O)OCc1ccccc1. The van der Waals surface area contributed by atoms with Crippen molar-refractivity contribution in [3.63, 3.8) is 0 Å². The largest absolute Gasteiger partial charge is 0.459 e. The predicted octanol–water partition coefficient (Wildman–Crippen LogP) is 8.96. The standard InChI is InChI=1S/C32H46O3/c1-2-3-4-5-6-7-8-9-10-11-12-13-14-21-26-31(34-27-29-22-17-15-18-23-29)32(33)35-28-30-24-19-16-20-25-30/h9-10,15-20,22-25,31H,2-8,11-14,21,26-28H2,1H3/b10-9-. The van der Waals surface area contributed by atoms with Gasteiger partial charge in [0.05, 0.1) is 6.61 Å². The van der Waals surface area contributed by atoms with Crippen LogP contribution in [0.1, 0.15) is 102 Å². The number of benzene rings is 2.